The van der Waals surface area contributed by atoms with E-state index < -0.39 is 34.3 Å². The van der Waals surface area contributed by atoms with Crippen molar-refractivity contribution in [3.8, 4) is 5.75 Å². The van der Waals surface area contributed by atoms with Crippen molar-refractivity contribution in [1.82, 2.24) is 10.2 Å². The average Bonchev–Trinajstić information content (AvgIpc) is 3.00. The molecule has 3 aromatic rings. The van der Waals surface area contributed by atoms with E-state index in [1.165, 1.54) is 17.0 Å². The first-order valence-electron chi connectivity index (χ1n) is 14.5. The van der Waals surface area contributed by atoms with E-state index in [1.807, 2.05) is 6.92 Å². The molecule has 0 saturated heterocycles. The van der Waals surface area contributed by atoms with Crippen molar-refractivity contribution >= 4 is 50.7 Å². The second kappa shape index (κ2) is 15.1. The molecule has 0 unspecified atom stereocenters. The van der Waals surface area contributed by atoms with Crippen molar-refractivity contribution in [3.63, 3.8) is 0 Å². The minimum absolute atomic E-state index is 0.00115. The normalized spacial score (nSPS) is 14.5. The summed E-state index contributed by atoms with van der Waals surface area (Å²) in [4.78, 5) is 28.7. The number of anilines is 1. The van der Waals surface area contributed by atoms with Crippen molar-refractivity contribution in [3.05, 3.63) is 88.2 Å². The molecule has 3 aromatic carbocycles. The van der Waals surface area contributed by atoms with Crippen molar-refractivity contribution in [2.24, 2.45) is 0 Å². The van der Waals surface area contributed by atoms with Gasteiger partial charge in [-0.1, -0.05) is 48.5 Å². The Morgan fingerprint density at radius 3 is 2.18 bits per heavy atom. The summed E-state index contributed by atoms with van der Waals surface area (Å²) in [5.41, 5.74) is 0.608. The molecular weight excluding hydrogens is 628 g/mol. The number of sulfonamides is 1. The SMILES string of the molecule is CCOc1ccc(N(CC(=O)N(Cc2c(Cl)cccc2Cl)[C@H](C)C(=O)NC2CCCCC2)S(=O)(=O)c2ccc(F)cc2)cc1. The Bertz CT molecular complexity index is 1530. The van der Waals surface area contributed by atoms with E-state index >= 15 is 0 Å². The van der Waals surface area contributed by atoms with E-state index in [1.54, 1.807) is 37.3 Å². The number of ether oxygens (including phenoxy) is 1. The van der Waals surface area contributed by atoms with E-state index in [2.05, 4.69) is 5.32 Å². The van der Waals surface area contributed by atoms with Crippen LogP contribution in [0.5, 0.6) is 5.75 Å². The first-order chi connectivity index (χ1) is 21.0. The molecule has 44 heavy (non-hydrogen) atoms. The van der Waals surface area contributed by atoms with E-state index in [0.29, 0.717) is 28.0 Å². The number of benzene rings is 3. The molecule has 1 aliphatic carbocycles. The molecule has 1 saturated carbocycles. The maximum atomic E-state index is 14.2. The summed E-state index contributed by atoms with van der Waals surface area (Å²) >= 11 is 12.9. The summed E-state index contributed by atoms with van der Waals surface area (Å²) in [7, 11) is -4.36. The van der Waals surface area contributed by atoms with Crippen molar-refractivity contribution in [1.29, 1.82) is 0 Å². The predicted molar refractivity (Wildman–Crippen MR) is 170 cm³/mol. The summed E-state index contributed by atoms with van der Waals surface area (Å²) in [5.74, 6) is -1.10. The van der Waals surface area contributed by atoms with Gasteiger partial charge in [0.05, 0.1) is 17.2 Å². The Morgan fingerprint density at radius 1 is 0.977 bits per heavy atom. The second-order valence-electron chi connectivity index (χ2n) is 10.6. The van der Waals surface area contributed by atoms with Crippen LogP contribution in [-0.4, -0.2) is 50.4 Å². The zero-order valence-corrected chi connectivity index (χ0v) is 27.0. The lowest BCUT2D eigenvalue weighted by molar-refractivity contribution is -0.139. The predicted octanol–water partition coefficient (Wildman–Crippen LogP) is 6.59. The molecule has 1 fully saturated rings. The smallest absolute Gasteiger partial charge is 0.264 e. The van der Waals surface area contributed by atoms with E-state index in [9.17, 15) is 22.4 Å². The monoisotopic (exact) mass is 663 g/mol. The van der Waals surface area contributed by atoms with Gasteiger partial charge in [0, 0.05) is 28.2 Å². The van der Waals surface area contributed by atoms with Crippen LogP contribution in [0.2, 0.25) is 10.0 Å². The van der Waals surface area contributed by atoms with Gasteiger partial charge in [-0.3, -0.25) is 13.9 Å². The largest absolute Gasteiger partial charge is 0.494 e. The lowest BCUT2D eigenvalue weighted by Crippen LogP contribution is -2.53. The number of hydrogen-bond donors (Lipinski definition) is 1. The highest BCUT2D eigenvalue weighted by molar-refractivity contribution is 7.92. The third-order valence-electron chi connectivity index (χ3n) is 7.63. The molecular formula is C32H36Cl2FN3O5S. The van der Waals surface area contributed by atoms with Crippen LogP contribution in [0.1, 0.15) is 51.5 Å². The highest BCUT2D eigenvalue weighted by atomic mass is 35.5. The van der Waals surface area contributed by atoms with Gasteiger partial charge in [0.25, 0.3) is 10.0 Å². The first-order valence-corrected chi connectivity index (χ1v) is 16.7. The van der Waals surface area contributed by atoms with Crippen LogP contribution in [0.15, 0.2) is 71.6 Å². The third-order valence-corrected chi connectivity index (χ3v) is 10.1. The molecule has 12 heteroatoms. The number of amides is 2. The fraction of sp³-hybridized carbons (Fsp3) is 0.375. The van der Waals surface area contributed by atoms with Crippen LogP contribution in [0.25, 0.3) is 0 Å². The summed E-state index contributed by atoms with van der Waals surface area (Å²) in [6.07, 6.45) is 4.83. The molecule has 1 N–H and O–H groups in total. The molecule has 2 amide bonds. The zero-order valence-electron chi connectivity index (χ0n) is 24.6. The molecule has 0 radical (unpaired) electrons. The fourth-order valence-corrected chi connectivity index (χ4v) is 7.07. The molecule has 0 bridgehead atoms. The van der Waals surface area contributed by atoms with Crippen LogP contribution in [0, 0.1) is 5.82 Å². The maximum Gasteiger partial charge on any atom is 0.264 e. The van der Waals surface area contributed by atoms with Gasteiger partial charge in [-0.15, -0.1) is 0 Å². The summed E-state index contributed by atoms with van der Waals surface area (Å²) in [5, 5.41) is 3.66. The van der Waals surface area contributed by atoms with Gasteiger partial charge in [-0.25, -0.2) is 12.8 Å². The van der Waals surface area contributed by atoms with Crippen LogP contribution in [-0.2, 0) is 26.2 Å². The maximum absolute atomic E-state index is 14.2. The fourth-order valence-electron chi connectivity index (χ4n) is 5.14. The second-order valence-corrected chi connectivity index (χ2v) is 13.3. The quantitative estimate of drug-likeness (QED) is 0.236. The number of carbonyl (C=O) groups excluding carboxylic acids is 2. The Hall–Kier alpha value is -3.34. The number of halogens is 3. The first kappa shape index (κ1) is 33.6. The standard InChI is InChI=1S/C32H36Cl2FN3O5S/c1-3-43-26-16-14-25(15-17-26)38(44(41,42)27-18-12-23(35)13-19-27)21-31(39)37(20-28-29(33)10-7-11-30(28)34)22(2)32(40)36-24-8-5-4-6-9-24/h7,10-19,22,24H,3-6,8-9,20-21H2,1-2H3,(H,36,40)/t22-/m1/s1. The molecule has 8 nitrogen and oxygen atoms in total. The van der Waals surface area contributed by atoms with Crippen molar-refractivity contribution in [2.75, 3.05) is 17.5 Å². The minimum Gasteiger partial charge on any atom is -0.494 e. The third kappa shape index (κ3) is 8.22. The number of carbonyl (C=O) groups is 2. The van der Waals surface area contributed by atoms with Crippen LogP contribution >= 0.6 is 23.2 Å². The molecule has 1 aliphatic rings. The lowest BCUT2D eigenvalue weighted by atomic mass is 9.95. The van der Waals surface area contributed by atoms with Crippen molar-refractivity contribution in [2.45, 2.75) is 69.5 Å². The number of hydrogen-bond acceptors (Lipinski definition) is 5. The van der Waals surface area contributed by atoms with Crippen LogP contribution < -0.4 is 14.4 Å². The Kier molecular flexibility index (Phi) is 11.5. The molecule has 4 rings (SSSR count). The average molecular weight is 665 g/mol. The zero-order chi connectivity index (χ0) is 31.9. The number of nitrogens with zero attached hydrogens (tertiary/aromatic N) is 2. The number of nitrogens with one attached hydrogen (secondary N) is 1. The summed E-state index contributed by atoms with van der Waals surface area (Å²) in [6, 6.07) is 14.5. The highest BCUT2D eigenvalue weighted by Gasteiger charge is 2.34. The van der Waals surface area contributed by atoms with Gasteiger partial charge in [0.15, 0.2) is 0 Å². The summed E-state index contributed by atoms with van der Waals surface area (Å²) in [6.45, 7) is 3.04. The van der Waals surface area contributed by atoms with E-state index in [4.69, 9.17) is 27.9 Å². The Balaban J connectivity index is 1.71. The van der Waals surface area contributed by atoms with Crippen LogP contribution in [0.3, 0.4) is 0 Å². The van der Waals surface area contributed by atoms with Gasteiger partial charge in [0.2, 0.25) is 11.8 Å². The van der Waals surface area contributed by atoms with Gasteiger partial charge in [-0.2, -0.15) is 0 Å². The molecule has 0 spiro atoms. The molecule has 1 atom stereocenters. The summed E-state index contributed by atoms with van der Waals surface area (Å²) < 4.78 is 48.0. The van der Waals surface area contributed by atoms with E-state index in [-0.39, 0.29) is 29.1 Å². The minimum atomic E-state index is -4.36. The van der Waals surface area contributed by atoms with E-state index in [0.717, 1.165) is 60.7 Å². The molecule has 236 valence electrons. The Labute approximate surface area is 268 Å². The van der Waals surface area contributed by atoms with Gasteiger partial charge in [-0.05, 0) is 87.4 Å². The van der Waals surface area contributed by atoms with Gasteiger partial charge < -0.3 is 15.0 Å². The van der Waals surface area contributed by atoms with Crippen molar-refractivity contribution < 1.29 is 27.1 Å². The molecule has 0 heterocycles. The van der Waals surface area contributed by atoms with Crippen LogP contribution in [0.4, 0.5) is 10.1 Å². The molecule has 0 aliphatic heterocycles. The lowest BCUT2D eigenvalue weighted by Gasteiger charge is -2.33. The molecule has 0 aromatic heterocycles. The Morgan fingerprint density at radius 2 is 1.59 bits per heavy atom. The topological polar surface area (TPSA) is 96.0 Å². The highest BCUT2D eigenvalue weighted by Crippen LogP contribution is 2.29. The number of rotatable bonds is 12. The van der Waals surface area contributed by atoms with Gasteiger partial charge in [0.1, 0.15) is 24.2 Å². The van der Waals surface area contributed by atoms with Gasteiger partial charge >= 0.3 is 0 Å².